The lowest BCUT2D eigenvalue weighted by Gasteiger charge is -2.18. The first-order valence-corrected chi connectivity index (χ1v) is 5.85. The molecule has 1 aromatic heterocycles. The lowest BCUT2D eigenvalue weighted by atomic mass is 9.88. The Hall–Kier alpha value is -1.41. The molecule has 1 saturated carbocycles. The lowest BCUT2D eigenvalue weighted by Crippen LogP contribution is -2.23. The summed E-state index contributed by atoms with van der Waals surface area (Å²) in [5, 5.41) is 13.3. The van der Waals surface area contributed by atoms with E-state index in [-0.39, 0.29) is 0 Å². The molecule has 0 atom stereocenters. The SMILES string of the molecule is COC(C)(C)c1noc(C2(C#N)CCCC2)n1. The van der Waals surface area contributed by atoms with E-state index in [0.29, 0.717) is 11.7 Å². The zero-order chi connectivity index (χ0) is 12.5. The smallest absolute Gasteiger partial charge is 0.247 e. The number of nitriles is 1. The molecule has 0 spiro atoms. The number of aromatic nitrogens is 2. The van der Waals surface area contributed by atoms with E-state index in [1.165, 1.54) is 0 Å². The predicted molar refractivity (Wildman–Crippen MR) is 60.1 cm³/mol. The van der Waals surface area contributed by atoms with Crippen LogP contribution in [0.25, 0.3) is 0 Å². The highest BCUT2D eigenvalue weighted by Gasteiger charge is 2.42. The van der Waals surface area contributed by atoms with E-state index in [0.717, 1.165) is 25.7 Å². The normalized spacial score (nSPS) is 19.2. The molecule has 0 N–H and O–H groups in total. The number of methoxy groups -OCH3 is 1. The molecule has 0 unspecified atom stereocenters. The summed E-state index contributed by atoms with van der Waals surface area (Å²) >= 11 is 0. The van der Waals surface area contributed by atoms with Crippen LogP contribution >= 0.6 is 0 Å². The molecule has 0 aliphatic heterocycles. The molecule has 2 rings (SSSR count). The van der Waals surface area contributed by atoms with Gasteiger partial charge in [0.2, 0.25) is 11.7 Å². The Morgan fingerprint density at radius 3 is 2.59 bits per heavy atom. The fourth-order valence-electron chi connectivity index (χ4n) is 2.11. The van der Waals surface area contributed by atoms with Crippen LogP contribution in [0.2, 0.25) is 0 Å². The molecule has 1 heterocycles. The van der Waals surface area contributed by atoms with Gasteiger partial charge in [-0.3, -0.25) is 0 Å². The van der Waals surface area contributed by atoms with E-state index >= 15 is 0 Å². The topological polar surface area (TPSA) is 71.9 Å². The summed E-state index contributed by atoms with van der Waals surface area (Å²) in [7, 11) is 1.60. The molecule has 17 heavy (non-hydrogen) atoms. The standard InChI is InChI=1S/C12H17N3O2/c1-11(2,16-3)9-14-10(17-15-9)12(8-13)6-4-5-7-12/h4-7H2,1-3H3. The van der Waals surface area contributed by atoms with Gasteiger partial charge in [0, 0.05) is 7.11 Å². The number of hydrogen-bond donors (Lipinski definition) is 0. The summed E-state index contributed by atoms with van der Waals surface area (Å²) in [5.74, 6) is 0.939. The number of hydrogen-bond acceptors (Lipinski definition) is 5. The summed E-state index contributed by atoms with van der Waals surface area (Å²) in [6, 6.07) is 2.34. The van der Waals surface area contributed by atoms with Crippen LogP contribution in [-0.4, -0.2) is 17.3 Å². The largest absolute Gasteiger partial charge is 0.371 e. The minimum Gasteiger partial charge on any atom is -0.371 e. The van der Waals surface area contributed by atoms with Crippen LogP contribution in [0.3, 0.4) is 0 Å². The maximum atomic E-state index is 9.33. The third-order valence-electron chi connectivity index (χ3n) is 3.56. The van der Waals surface area contributed by atoms with Crippen molar-refractivity contribution in [2.45, 2.75) is 50.5 Å². The van der Waals surface area contributed by atoms with Gasteiger partial charge in [-0.2, -0.15) is 10.2 Å². The molecule has 1 aromatic rings. The molecular formula is C12H17N3O2. The molecule has 0 radical (unpaired) electrons. The van der Waals surface area contributed by atoms with Gasteiger partial charge < -0.3 is 9.26 Å². The molecule has 5 heteroatoms. The van der Waals surface area contributed by atoms with Gasteiger partial charge in [-0.25, -0.2) is 0 Å². The van der Waals surface area contributed by atoms with Crippen LogP contribution in [-0.2, 0) is 15.8 Å². The zero-order valence-electron chi connectivity index (χ0n) is 10.5. The molecule has 0 aromatic carbocycles. The van der Waals surface area contributed by atoms with Gasteiger partial charge in [-0.15, -0.1) is 0 Å². The highest BCUT2D eigenvalue weighted by Crippen LogP contribution is 2.40. The van der Waals surface area contributed by atoms with E-state index < -0.39 is 11.0 Å². The van der Waals surface area contributed by atoms with Crippen LogP contribution < -0.4 is 0 Å². The van der Waals surface area contributed by atoms with E-state index in [9.17, 15) is 5.26 Å². The Morgan fingerprint density at radius 2 is 2.06 bits per heavy atom. The maximum Gasteiger partial charge on any atom is 0.247 e. The van der Waals surface area contributed by atoms with Crippen molar-refractivity contribution in [3.63, 3.8) is 0 Å². The Morgan fingerprint density at radius 1 is 1.41 bits per heavy atom. The van der Waals surface area contributed by atoms with Crippen molar-refractivity contribution >= 4 is 0 Å². The first-order valence-electron chi connectivity index (χ1n) is 5.85. The molecule has 0 amide bonds. The number of rotatable bonds is 3. The van der Waals surface area contributed by atoms with Crippen molar-refractivity contribution in [2.24, 2.45) is 0 Å². The monoisotopic (exact) mass is 235 g/mol. The molecule has 92 valence electrons. The van der Waals surface area contributed by atoms with E-state index in [1.807, 2.05) is 13.8 Å². The van der Waals surface area contributed by atoms with Crippen molar-refractivity contribution < 1.29 is 9.26 Å². The summed E-state index contributed by atoms with van der Waals surface area (Å²) in [5.41, 5.74) is -1.16. The van der Waals surface area contributed by atoms with Gasteiger partial charge in [-0.05, 0) is 26.7 Å². The third-order valence-corrected chi connectivity index (χ3v) is 3.56. The van der Waals surface area contributed by atoms with Crippen molar-refractivity contribution in [3.05, 3.63) is 11.7 Å². The Kier molecular flexibility index (Phi) is 2.92. The van der Waals surface area contributed by atoms with Crippen LogP contribution in [0.15, 0.2) is 4.52 Å². The Balaban J connectivity index is 2.33. The quantitative estimate of drug-likeness (QED) is 0.803. The van der Waals surface area contributed by atoms with Gasteiger partial charge in [0.05, 0.1) is 6.07 Å². The van der Waals surface area contributed by atoms with Gasteiger partial charge in [0.15, 0.2) is 0 Å². The van der Waals surface area contributed by atoms with Crippen LogP contribution in [0.5, 0.6) is 0 Å². The summed E-state index contributed by atoms with van der Waals surface area (Å²) < 4.78 is 10.6. The average molecular weight is 235 g/mol. The number of ether oxygens (including phenoxy) is 1. The summed E-state index contributed by atoms with van der Waals surface area (Å²) in [4.78, 5) is 4.35. The molecule has 1 aliphatic rings. The van der Waals surface area contributed by atoms with Crippen molar-refractivity contribution in [2.75, 3.05) is 7.11 Å². The first kappa shape index (κ1) is 12.1. The Bertz CT molecular complexity index is 439. The molecule has 0 saturated heterocycles. The van der Waals surface area contributed by atoms with Crippen molar-refractivity contribution in [3.8, 4) is 6.07 Å². The van der Waals surface area contributed by atoms with Gasteiger partial charge in [0.1, 0.15) is 11.0 Å². The van der Waals surface area contributed by atoms with E-state index in [4.69, 9.17) is 9.26 Å². The molecule has 0 bridgehead atoms. The summed E-state index contributed by atoms with van der Waals surface area (Å²) in [6.07, 6.45) is 3.69. The molecule has 5 nitrogen and oxygen atoms in total. The zero-order valence-corrected chi connectivity index (χ0v) is 10.5. The molecule has 1 aliphatic carbocycles. The number of nitrogens with zero attached hydrogens (tertiary/aromatic N) is 3. The van der Waals surface area contributed by atoms with Crippen molar-refractivity contribution in [1.82, 2.24) is 10.1 Å². The first-order chi connectivity index (χ1) is 8.04. The van der Waals surface area contributed by atoms with Gasteiger partial charge >= 0.3 is 0 Å². The lowest BCUT2D eigenvalue weighted by molar-refractivity contribution is 0.00973. The van der Waals surface area contributed by atoms with Gasteiger partial charge in [-0.1, -0.05) is 18.0 Å². The minimum atomic E-state index is -0.586. The Labute approximate surface area is 101 Å². The van der Waals surface area contributed by atoms with Gasteiger partial charge in [0.25, 0.3) is 0 Å². The van der Waals surface area contributed by atoms with Crippen molar-refractivity contribution in [1.29, 1.82) is 5.26 Å². The highest BCUT2D eigenvalue weighted by molar-refractivity contribution is 5.21. The van der Waals surface area contributed by atoms with Crippen LogP contribution in [0, 0.1) is 11.3 Å². The molecule has 1 fully saturated rings. The second kappa shape index (κ2) is 4.11. The average Bonchev–Trinajstić information content (AvgIpc) is 2.98. The summed E-state index contributed by atoms with van der Waals surface area (Å²) in [6.45, 7) is 3.74. The van der Waals surface area contributed by atoms with E-state index in [2.05, 4.69) is 16.2 Å². The predicted octanol–water partition coefficient (Wildman–Crippen LogP) is 2.29. The maximum absolute atomic E-state index is 9.33. The van der Waals surface area contributed by atoms with Crippen LogP contribution in [0.1, 0.15) is 51.2 Å². The highest BCUT2D eigenvalue weighted by atomic mass is 16.5. The van der Waals surface area contributed by atoms with E-state index in [1.54, 1.807) is 7.11 Å². The fraction of sp³-hybridized carbons (Fsp3) is 0.750. The second-order valence-electron chi connectivity index (χ2n) is 5.04. The molecular weight excluding hydrogens is 218 g/mol. The third kappa shape index (κ3) is 1.93. The fourth-order valence-corrected chi connectivity index (χ4v) is 2.11. The second-order valence-corrected chi connectivity index (χ2v) is 5.04. The van der Waals surface area contributed by atoms with Crippen LogP contribution in [0.4, 0.5) is 0 Å². The minimum absolute atomic E-state index is 0.442.